The smallest absolute Gasteiger partial charge is 0.303 e. The van der Waals surface area contributed by atoms with Crippen molar-refractivity contribution in [3.05, 3.63) is 29.8 Å². The standard InChI is InChI=1S/C37H54N6O12/c1-20(2)18-28(36(54)39-25(32(38)50)8-5-17-44)42-37(55)29(19-22-9-11-23(45)12-10-22)43-35(53)27(14-16-31(48)49)41-34(52)26(13-15-30(46)47)40-33(51)24-7-4-6-21(24)3/h9-12,17,20-21,24-29,45H,4-8,13-16,18-19H2,1-3H3,(H2,38,50)(H,39,54)(H,40,51)(H,41,52)(H,42,55)(H,43,53)(H,46,47)(H,48,49). The molecule has 0 aromatic heterocycles. The van der Waals surface area contributed by atoms with E-state index in [-0.39, 0.29) is 49.7 Å². The summed E-state index contributed by atoms with van der Waals surface area (Å²) in [6, 6.07) is -1.19. The minimum Gasteiger partial charge on any atom is -0.508 e. The molecule has 18 heteroatoms. The second-order valence-electron chi connectivity index (χ2n) is 14.3. The van der Waals surface area contributed by atoms with E-state index in [1.165, 1.54) is 24.3 Å². The lowest BCUT2D eigenvalue weighted by Gasteiger charge is -2.28. The monoisotopic (exact) mass is 774 g/mol. The zero-order chi connectivity index (χ0) is 41.2. The number of amides is 6. The summed E-state index contributed by atoms with van der Waals surface area (Å²) in [5, 5.41) is 41.1. The van der Waals surface area contributed by atoms with Crippen molar-refractivity contribution in [2.75, 3.05) is 0 Å². The third kappa shape index (κ3) is 16.2. The Balaban J connectivity index is 2.40. The number of phenolic OH excluding ortho intramolecular Hbond substituents is 1. The van der Waals surface area contributed by atoms with Gasteiger partial charge in [-0.05, 0) is 68.1 Å². The maximum Gasteiger partial charge on any atom is 0.303 e. The molecule has 55 heavy (non-hydrogen) atoms. The quantitative estimate of drug-likeness (QED) is 0.0629. The van der Waals surface area contributed by atoms with Crippen molar-refractivity contribution in [3.63, 3.8) is 0 Å². The molecule has 0 saturated heterocycles. The van der Waals surface area contributed by atoms with Crippen LogP contribution in [0.4, 0.5) is 0 Å². The van der Waals surface area contributed by atoms with Gasteiger partial charge in [-0.15, -0.1) is 0 Å². The van der Waals surface area contributed by atoms with E-state index in [9.17, 15) is 58.5 Å². The topological polar surface area (TPSA) is 300 Å². The number of primary amides is 1. The fourth-order valence-corrected chi connectivity index (χ4v) is 6.28. The summed E-state index contributed by atoms with van der Waals surface area (Å²) in [4.78, 5) is 114. The summed E-state index contributed by atoms with van der Waals surface area (Å²) in [5.41, 5.74) is 5.86. The van der Waals surface area contributed by atoms with Crippen LogP contribution in [0.25, 0.3) is 0 Å². The summed E-state index contributed by atoms with van der Waals surface area (Å²) in [7, 11) is 0. The molecule has 1 aliphatic rings. The van der Waals surface area contributed by atoms with Crippen LogP contribution in [0.3, 0.4) is 0 Å². The Morgan fingerprint density at radius 2 is 1.22 bits per heavy atom. The van der Waals surface area contributed by atoms with Crippen LogP contribution in [0.5, 0.6) is 5.75 Å². The van der Waals surface area contributed by atoms with Gasteiger partial charge in [0.1, 0.15) is 42.2 Å². The molecule has 0 aliphatic heterocycles. The van der Waals surface area contributed by atoms with Gasteiger partial charge in [0.25, 0.3) is 0 Å². The first-order chi connectivity index (χ1) is 25.9. The number of carboxylic acids is 2. The molecule has 1 fully saturated rings. The Kier molecular flexibility index (Phi) is 18.8. The molecule has 18 nitrogen and oxygen atoms in total. The van der Waals surface area contributed by atoms with Crippen LogP contribution in [0.15, 0.2) is 24.3 Å². The molecule has 7 atom stereocenters. The van der Waals surface area contributed by atoms with Crippen LogP contribution in [0.1, 0.15) is 90.5 Å². The highest BCUT2D eigenvalue weighted by Gasteiger charge is 2.35. The van der Waals surface area contributed by atoms with Gasteiger partial charge in [0.15, 0.2) is 0 Å². The molecule has 7 unspecified atom stereocenters. The highest BCUT2D eigenvalue weighted by molar-refractivity contribution is 5.96. The minimum atomic E-state index is -1.57. The zero-order valence-electron chi connectivity index (χ0n) is 31.4. The van der Waals surface area contributed by atoms with Crippen LogP contribution in [-0.2, 0) is 49.6 Å². The van der Waals surface area contributed by atoms with Gasteiger partial charge in [-0.25, -0.2) is 0 Å². The molecule has 1 saturated carbocycles. The summed E-state index contributed by atoms with van der Waals surface area (Å²) in [5.74, 6) is -8.06. The molecule has 0 bridgehead atoms. The van der Waals surface area contributed by atoms with Gasteiger partial charge < -0.3 is 52.4 Å². The average Bonchev–Trinajstić information content (AvgIpc) is 3.55. The fraction of sp³-hybridized carbons (Fsp3) is 0.595. The molecule has 2 rings (SSSR count). The summed E-state index contributed by atoms with van der Waals surface area (Å²) >= 11 is 0. The van der Waals surface area contributed by atoms with E-state index in [4.69, 9.17) is 5.73 Å². The van der Waals surface area contributed by atoms with E-state index >= 15 is 0 Å². The largest absolute Gasteiger partial charge is 0.508 e. The number of rotatable bonds is 24. The maximum absolute atomic E-state index is 13.9. The van der Waals surface area contributed by atoms with E-state index in [0.29, 0.717) is 18.3 Å². The number of hydrogen-bond acceptors (Lipinski definition) is 10. The maximum atomic E-state index is 13.9. The number of aliphatic carboxylic acids is 2. The molecule has 1 aromatic carbocycles. The molecule has 1 aliphatic carbocycles. The van der Waals surface area contributed by atoms with Gasteiger partial charge in [-0.2, -0.15) is 0 Å². The third-order valence-corrected chi connectivity index (χ3v) is 9.34. The van der Waals surface area contributed by atoms with E-state index in [1.54, 1.807) is 13.8 Å². The lowest BCUT2D eigenvalue weighted by molar-refractivity contribution is -0.140. The summed E-state index contributed by atoms with van der Waals surface area (Å²) in [6.07, 6.45) is 0.622. The number of benzene rings is 1. The van der Waals surface area contributed by atoms with Gasteiger partial charge in [0.05, 0.1) is 0 Å². The van der Waals surface area contributed by atoms with Crippen LogP contribution in [0, 0.1) is 17.8 Å². The Bertz CT molecular complexity index is 1530. The first kappa shape index (κ1) is 45.6. The van der Waals surface area contributed by atoms with Crippen LogP contribution in [-0.4, -0.2) is 99.2 Å². The molecule has 304 valence electrons. The van der Waals surface area contributed by atoms with Gasteiger partial charge >= 0.3 is 11.9 Å². The number of nitrogens with one attached hydrogen (secondary N) is 5. The molecule has 0 spiro atoms. The fourth-order valence-electron chi connectivity index (χ4n) is 6.28. The second kappa shape index (κ2) is 22.6. The predicted molar refractivity (Wildman–Crippen MR) is 196 cm³/mol. The SMILES string of the molecule is CC(C)CC(NC(=O)C(Cc1ccc(O)cc1)NC(=O)C(CCC(=O)O)NC(=O)C(CCC(=O)O)NC(=O)C1CCCC1C)C(=O)NC(CCC=O)C(N)=O. The lowest BCUT2D eigenvalue weighted by Crippen LogP contribution is -2.59. The van der Waals surface area contributed by atoms with E-state index in [2.05, 4.69) is 26.6 Å². The van der Waals surface area contributed by atoms with E-state index in [1.807, 2.05) is 6.92 Å². The minimum absolute atomic E-state index is 0.0344. The number of carbonyl (C=O) groups excluding carboxylic acids is 7. The number of aromatic hydroxyl groups is 1. The molecule has 6 amide bonds. The third-order valence-electron chi connectivity index (χ3n) is 9.34. The number of hydrogen-bond donors (Lipinski definition) is 9. The highest BCUT2D eigenvalue weighted by Crippen LogP contribution is 2.31. The van der Waals surface area contributed by atoms with Crippen molar-refractivity contribution in [1.82, 2.24) is 26.6 Å². The molecule has 10 N–H and O–H groups in total. The summed E-state index contributed by atoms with van der Waals surface area (Å²) < 4.78 is 0. The Labute approximate surface area is 319 Å². The second-order valence-corrected chi connectivity index (χ2v) is 14.3. The molecule has 1 aromatic rings. The lowest BCUT2D eigenvalue weighted by atomic mass is 9.96. The van der Waals surface area contributed by atoms with Crippen LogP contribution >= 0.6 is 0 Å². The van der Waals surface area contributed by atoms with Crippen molar-refractivity contribution in [3.8, 4) is 5.75 Å². The average molecular weight is 775 g/mol. The van der Waals surface area contributed by atoms with Crippen LogP contribution < -0.4 is 32.3 Å². The first-order valence-corrected chi connectivity index (χ1v) is 18.4. The van der Waals surface area contributed by atoms with E-state index in [0.717, 1.165) is 12.8 Å². The van der Waals surface area contributed by atoms with Crippen molar-refractivity contribution in [1.29, 1.82) is 0 Å². The van der Waals surface area contributed by atoms with Crippen molar-refractivity contribution in [2.24, 2.45) is 23.5 Å². The zero-order valence-corrected chi connectivity index (χ0v) is 31.4. The van der Waals surface area contributed by atoms with Gasteiger partial charge in [-0.1, -0.05) is 39.3 Å². The number of phenols is 1. The van der Waals surface area contributed by atoms with Gasteiger partial charge in [0, 0.05) is 31.6 Å². The first-order valence-electron chi connectivity index (χ1n) is 18.4. The summed E-state index contributed by atoms with van der Waals surface area (Å²) in [6.45, 7) is 5.44. The van der Waals surface area contributed by atoms with Gasteiger partial charge in [0.2, 0.25) is 35.4 Å². The normalized spacial score (nSPS) is 17.7. The molecule has 0 heterocycles. The number of aldehydes is 1. The van der Waals surface area contributed by atoms with Crippen molar-refractivity contribution < 1.29 is 58.5 Å². The Hall–Kier alpha value is -5.55. The Morgan fingerprint density at radius 1 is 0.727 bits per heavy atom. The molecular formula is C37H54N6O12. The number of carboxylic acid groups (broad SMARTS) is 2. The number of nitrogens with two attached hydrogens (primary N) is 1. The number of carbonyl (C=O) groups is 9. The Morgan fingerprint density at radius 3 is 1.71 bits per heavy atom. The molecular weight excluding hydrogens is 720 g/mol. The van der Waals surface area contributed by atoms with Crippen molar-refractivity contribution >= 4 is 53.7 Å². The van der Waals surface area contributed by atoms with Crippen molar-refractivity contribution in [2.45, 2.75) is 122 Å². The van der Waals surface area contributed by atoms with Gasteiger partial charge in [-0.3, -0.25) is 38.4 Å². The van der Waals surface area contributed by atoms with Crippen LogP contribution in [0.2, 0.25) is 0 Å². The molecule has 0 radical (unpaired) electrons. The predicted octanol–water partition coefficient (Wildman–Crippen LogP) is 0.0350. The van der Waals surface area contributed by atoms with E-state index < -0.39 is 103 Å². The highest BCUT2D eigenvalue weighted by atomic mass is 16.4.